The van der Waals surface area contributed by atoms with E-state index >= 15 is 0 Å². The molecule has 0 unspecified atom stereocenters. The van der Waals surface area contributed by atoms with Crippen LogP contribution in [0.15, 0.2) is 72.4 Å². The van der Waals surface area contributed by atoms with Crippen LogP contribution in [0.1, 0.15) is 15.2 Å². The summed E-state index contributed by atoms with van der Waals surface area (Å²) < 4.78 is 4.98. The molecule has 1 heterocycles. The molecule has 0 aliphatic heterocycles. The van der Waals surface area contributed by atoms with E-state index in [4.69, 9.17) is 4.74 Å². The minimum Gasteiger partial charge on any atom is -0.454 e. The first kappa shape index (κ1) is 16.8. The van der Waals surface area contributed by atoms with Gasteiger partial charge in [-0.3, -0.25) is 9.78 Å². The lowest BCUT2D eigenvalue weighted by atomic mass is 10.0. The van der Waals surface area contributed by atoms with Crippen molar-refractivity contribution in [2.75, 3.05) is 6.61 Å². The minimum absolute atomic E-state index is 0.237. The molecule has 3 aromatic rings. The number of esters is 1. The van der Waals surface area contributed by atoms with Gasteiger partial charge in [0, 0.05) is 22.7 Å². The van der Waals surface area contributed by atoms with Gasteiger partial charge in [-0.1, -0.05) is 54.6 Å². The molecule has 0 saturated carbocycles. The van der Waals surface area contributed by atoms with Gasteiger partial charge in [-0.15, -0.1) is 11.3 Å². The highest BCUT2D eigenvalue weighted by atomic mass is 32.1. The zero-order valence-corrected chi connectivity index (χ0v) is 14.1. The fourth-order valence-corrected chi connectivity index (χ4v) is 2.72. The van der Waals surface area contributed by atoms with Gasteiger partial charge in [-0.05, 0) is 17.2 Å². The Morgan fingerprint density at radius 1 is 1.00 bits per heavy atom. The standard InChI is InChI=1S/C20H15NO3S/c22-19(13-24-20(23)11-10-18-12-21-14-25-18)17-8-6-16(7-9-17)15-4-2-1-3-5-15/h1-12,14H,13H2/b11-10+. The topological polar surface area (TPSA) is 56.3 Å². The van der Waals surface area contributed by atoms with E-state index in [9.17, 15) is 9.59 Å². The zero-order chi connectivity index (χ0) is 17.5. The van der Waals surface area contributed by atoms with Gasteiger partial charge in [-0.2, -0.15) is 0 Å². The van der Waals surface area contributed by atoms with E-state index < -0.39 is 5.97 Å². The number of carbonyl (C=O) groups excluding carboxylic acids is 2. The summed E-state index contributed by atoms with van der Waals surface area (Å²) in [6, 6.07) is 17.2. The number of hydrogen-bond donors (Lipinski definition) is 0. The van der Waals surface area contributed by atoms with Crippen LogP contribution in [-0.4, -0.2) is 23.3 Å². The van der Waals surface area contributed by atoms with E-state index in [2.05, 4.69) is 4.98 Å². The first-order valence-corrected chi connectivity index (χ1v) is 8.52. The molecule has 0 amide bonds. The summed E-state index contributed by atoms with van der Waals surface area (Å²) in [4.78, 5) is 28.5. The third kappa shape index (κ3) is 4.71. The maximum absolute atomic E-state index is 12.1. The van der Waals surface area contributed by atoms with E-state index in [-0.39, 0.29) is 12.4 Å². The van der Waals surface area contributed by atoms with Crippen LogP contribution in [0.25, 0.3) is 17.2 Å². The quantitative estimate of drug-likeness (QED) is 0.379. The number of Topliss-reactive ketones (excluding diaryl/α,β-unsaturated/α-hetero) is 1. The van der Waals surface area contributed by atoms with Crippen molar-refractivity contribution < 1.29 is 14.3 Å². The monoisotopic (exact) mass is 349 g/mol. The van der Waals surface area contributed by atoms with Crippen molar-refractivity contribution in [1.82, 2.24) is 4.98 Å². The molecular formula is C20H15NO3S. The van der Waals surface area contributed by atoms with Crippen LogP contribution in [0.5, 0.6) is 0 Å². The molecule has 0 aliphatic carbocycles. The number of rotatable bonds is 6. The number of thiazole rings is 1. The number of ether oxygens (including phenoxy) is 1. The second kappa shape index (κ2) is 8.17. The van der Waals surface area contributed by atoms with Gasteiger partial charge in [0.15, 0.2) is 12.4 Å². The number of nitrogens with zero attached hydrogens (tertiary/aromatic N) is 1. The van der Waals surface area contributed by atoms with Gasteiger partial charge in [0.2, 0.25) is 0 Å². The van der Waals surface area contributed by atoms with Crippen LogP contribution < -0.4 is 0 Å². The third-order valence-corrected chi connectivity index (χ3v) is 4.24. The van der Waals surface area contributed by atoms with Crippen molar-refractivity contribution in [3.05, 3.63) is 82.8 Å². The average molecular weight is 349 g/mol. The molecule has 25 heavy (non-hydrogen) atoms. The van der Waals surface area contributed by atoms with E-state index in [0.29, 0.717) is 5.56 Å². The second-order valence-electron chi connectivity index (χ2n) is 5.21. The van der Waals surface area contributed by atoms with E-state index in [0.717, 1.165) is 16.0 Å². The molecule has 0 bridgehead atoms. The fourth-order valence-electron chi connectivity index (χ4n) is 2.21. The van der Waals surface area contributed by atoms with Crippen molar-refractivity contribution in [2.45, 2.75) is 0 Å². The number of aromatic nitrogens is 1. The Bertz CT molecular complexity index is 869. The van der Waals surface area contributed by atoms with Crippen molar-refractivity contribution in [2.24, 2.45) is 0 Å². The second-order valence-corrected chi connectivity index (χ2v) is 6.13. The van der Waals surface area contributed by atoms with Crippen molar-refractivity contribution in [3.63, 3.8) is 0 Å². The average Bonchev–Trinajstić information content (AvgIpc) is 3.19. The molecule has 0 radical (unpaired) electrons. The van der Waals surface area contributed by atoms with Crippen LogP contribution >= 0.6 is 11.3 Å². The summed E-state index contributed by atoms with van der Waals surface area (Å²) in [7, 11) is 0. The lowest BCUT2D eigenvalue weighted by Gasteiger charge is -2.04. The molecular weight excluding hydrogens is 334 g/mol. The first-order chi connectivity index (χ1) is 12.2. The van der Waals surface area contributed by atoms with Crippen LogP contribution in [0.3, 0.4) is 0 Å². The Morgan fingerprint density at radius 3 is 2.40 bits per heavy atom. The van der Waals surface area contributed by atoms with Gasteiger partial charge >= 0.3 is 5.97 Å². The van der Waals surface area contributed by atoms with Crippen LogP contribution in [0.2, 0.25) is 0 Å². The largest absolute Gasteiger partial charge is 0.454 e. The van der Waals surface area contributed by atoms with Gasteiger partial charge in [0.25, 0.3) is 0 Å². The summed E-state index contributed by atoms with van der Waals surface area (Å²) in [6.45, 7) is -0.281. The number of hydrogen-bond acceptors (Lipinski definition) is 5. The SMILES string of the molecule is O=C(/C=C/c1cncs1)OCC(=O)c1ccc(-c2ccccc2)cc1. The van der Waals surface area contributed by atoms with Gasteiger partial charge in [-0.25, -0.2) is 4.79 Å². The summed E-state index contributed by atoms with van der Waals surface area (Å²) >= 11 is 1.41. The predicted octanol–water partition coefficient (Wildman–Crippen LogP) is 4.25. The zero-order valence-electron chi connectivity index (χ0n) is 13.3. The Labute approximate surface area is 149 Å². The normalized spacial score (nSPS) is 10.7. The highest BCUT2D eigenvalue weighted by Gasteiger charge is 2.09. The van der Waals surface area contributed by atoms with Gasteiger partial charge in [0.05, 0.1) is 5.51 Å². The van der Waals surface area contributed by atoms with Crippen LogP contribution in [0, 0.1) is 0 Å². The molecule has 2 aromatic carbocycles. The van der Waals surface area contributed by atoms with E-state index in [1.807, 2.05) is 42.5 Å². The molecule has 1 aromatic heterocycles. The maximum Gasteiger partial charge on any atom is 0.331 e. The van der Waals surface area contributed by atoms with Crippen molar-refractivity contribution >= 4 is 29.2 Å². The highest BCUT2D eigenvalue weighted by Crippen LogP contribution is 2.19. The number of carbonyl (C=O) groups is 2. The molecule has 0 spiro atoms. The summed E-state index contributed by atoms with van der Waals surface area (Å²) in [5.74, 6) is -0.790. The summed E-state index contributed by atoms with van der Waals surface area (Å²) in [5, 5.41) is 0. The van der Waals surface area contributed by atoms with Gasteiger partial charge in [0.1, 0.15) is 0 Å². The Kier molecular flexibility index (Phi) is 5.49. The number of ketones is 1. The molecule has 0 atom stereocenters. The molecule has 124 valence electrons. The fraction of sp³-hybridized carbons (Fsp3) is 0.0500. The predicted molar refractivity (Wildman–Crippen MR) is 98.3 cm³/mol. The summed E-state index contributed by atoms with van der Waals surface area (Å²) in [6.07, 6.45) is 4.55. The third-order valence-electron chi connectivity index (χ3n) is 3.49. The van der Waals surface area contributed by atoms with E-state index in [1.54, 1.807) is 29.9 Å². The highest BCUT2D eigenvalue weighted by molar-refractivity contribution is 7.10. The molecule has 0 aliphatic rings. The molecule has 4 nitrogen and oxygen atoms in total. The lowest BCUT2D eigenvalue weighted by molar-refractivity contribution is -0.136. The molecule has 0 N–H and O–H groups in total. The smallest absolute Gasteiger partial charge is 0.331 e. The number of benzene rings is 2. The van der Waals surface area contributed by atoms with Crippen molar-refractivity contribution in [3.8, 4) is 11.1 Å². The van der Waals surface area contributed by atoms with Crippen LogP contribution in [-0.2, 0) is 9.53 Å². The van der Waals surface area contributed by atoms with E-state index in [1.165, 1.54) is 17.4 Å². The lowest BCUT2D eigenvalue weighted by Crippen LogP contribution is -2.12. The molecule has 5 heteroatoms. The Hall–Kier alpha value is -3.05. The first-order valence-electron chi connectivity index (χ1n) is 7.64. The van der Waals surface area contributed by atoms with Crippen molar-refractivity contribution in [1.29, 1.82) is 0 Å². The molecule has 3 rings (SSSR count). The summed E-state index contributed by atoms with van der Waals surface area (Å²) in [5.41, 5.74) is 4.30. The Balaban J connectivity index is 1.55. The Morgan fingerprint density at radius 2 is 1.72 bits per heavy atom. The minimum atomic E-state index is -0.553. The van der Waals surface area contributed by atoms with Gasteiger partial charge < -0.3 is 4.74 Å². The molecule has 0 saturated heterocycles. The van der Waals surface area contributed by atoms with Crippen LogP contribution in [0.4, 0.5) is 0 Å². The molecule has 0 fully saturated rings. The maximum atomic E-state index is 12.1.